The van der Waals surface area contributed by atoms with Crippen molar-refractivity contribution in [3.63, 3.8) is 0 Å². The molecular formula is C24H28N4O5S. The molecule has 1 saturated heterocycles. The zero-order valence-electron chi connectivity index (χ0n) is 19.3. The number of fused-ring (bicyclic) bond motifs is 1. The van der Waals surface area contributed by atoms with Crippen LogP contribution in [-0.4, -0.2) is 48.6 Å². The molecule has 1 N–H and O–H groups in total. The number of benzene rings is 2. The maximum absolute atomic E-state index is 13.2. The number of aryl methyl sites for hydroxylation is 1. The summed E-state index contributed by atoms with van der Waals surface area (Å²) in [5, 5.41) is 8.10. The van der Waals surface area contributed by atoms with Gasteiger partial charge in [0.15, 0.2) is 0 Å². The summed E-state index contributed by atoms with van der Waals surface area (Å²) >= 11 is 0. The van der Waals surface area contributed by atoms with Crippen LogP contribution >= 0.6 is 0 Å². The molecule has 9 nitrogen and oxygen atoms in total. The van der Waals surface area contributed by atoms with E-state index in [1.807, 2.05) is 0 Å². The molecule has 4 rings (SSSR count). The highest BCUT2D eigenvalue weighted by atomic mass is 32.2. The van der Waals surface area contributed by atoms with Crippen molar-refractivity contribution in [2.75, 3.05) is 25.5 Å². The number of carbonyl (C=O) groups excluding carboxylic acids is 1. The van der Waals surface area contributed by atoms with Crippen LogP contribution in [0.3, 0.4) is 0 Å². The molecule has 0 atom stereocenters. The standard InChI is InChI=1S/C24H28N4O5S/c1-27-24(30)19-10-6-5-9-18(19)20(26-27)16-23(29)25-21-15-17(11-12-22(21)33-2)34(31,32)28-13-7-3-4-8-14-28/h5-6,9-12,15H,3-4,7-8,13-14,16H2,1-2H3,(H,25,29). The summed E-state index contributed by atoms with van der Waals surface area (Å²) in [6.07, 6.45) is 3.60. The Morgan fingerprint density at radius 3 is 2.41 bits per heavy atom. The van der Waals surface area contributed by atoms with Gasteiger partial charge in [0.1, 0.15) is 5.75 Å². The fraction of sp³-hybridized carbons (Fsp3) is 0.375. The molecule has 1 aliphatic heterocycles. The van der Waals surface area contributed by atoms with Crippen molar-refractivity contribution in [1.29, 1.82) is 0 Å². The molecule has 3 aromatic rings. The van der Waals surface area contributed by atoms with Crippen molar-refractivity contribution < 1.29 is 17.9 Å². The molecule has 0 bridgehead atoms. The average molecular weight is 485 g/mol. The summed E-state index contributed by atoms with van der Waals surface area (Å²) in [4.78, 5) is 25.4. The van der Waals surface area contributed by atoms with Crippen molar-refractivity contribution in [1.82, 2.24) is 14.1 Å². The number of methoxy groups -OCH3 is 1. The first-order chi connectivity index (χ1) is 16.3. The van der Waals surface area contributed by atoms with Crippen LogP contribution in [0.1, 0.15) is 31.4 Å². The van der Waals surface area contributed by atoms with Crippen LogP contribution in [0.5, 0.6) is 5.75 Å². The minimum absolute atomic E-state index is 0.0963. The molecule has 180 valence electrons. The predicted molar refractivity (Wildman–Crippen MR) is 130 cm³/mol. The SMILES string of the molecule is COc1ccc(S(=O)(=O)N2CCCCCC2)cc1NC(=O)Cc1nn(C)c(=O)c2ccccc12. The normalized spacial score (nSPS) is 15.1. The van der Waals surface area contributed by atoms with Gasteiger partial charge in [-0.1, -0.05) is 31.0 Å². The highest BCUT2D eigenvalue weighted by Gasteiger charge is 2.26. The van der Waals surface area contributed by atoms with Gasteiger partial charge in [0.05, 0.1) is 35.2 Å². The van der Waals surface area contributed by atoms with Gasteiger partial charge < -0.3 is 10.1 Å². The van der Waals surface area contributed by atoms with Gasteiger partial charge in [-0.15, -0.1) is 0 Å². The lowest BCUT2D eigenvalue weighted by molar-refractivity contribution is -0.115. The number of rotatable bonds is 6. The second-order valence-electron chi connectivity index (χ2n) is 8.33. The number of aromatic nitrogens is 2. The molecule has 1 aliphatic rings. The van der Waals surface area contributed by atoms with Crippen LogP contribution in [0.15, 0.2) is 52.2 Å². The molecule has 0 saturated carbocycles. The van der Waals surface area contributed by atoms with E-state index in [1.165, 1.54) is 35.3 Å². The number of nitrogens with one attached hydrogen (secondary N) is 1. The van der Waals surface area contributed by atoms with Gasteiger partial charge in [-0.25, -0.2) is 13.1 Å². The zero-order chi connectivity index (χ0) is 24.3. The highest BCUT2D eigenvalue weighted by Crippen LogP contribution is 2.30. The molecule has 1 aromatic heterocycles. The summed E-state index contributed by atoms with van der Waals surface area (Å²) in [5.74, 6) is -0.0552. The van der Waals surface area contributed by atoms with E-state index in [0.717, 1.165) is 25.7 Å². The van der Waals surface area contributed by atoms with E-state index in [-0.39, 0.29) is 22.6 Å². The molecule has 0 radical (unpaired) electrons. The Morgan fingerprint density at radius 2 is 1.74 bits per heavy atom. The van der Waals surface area contributed by atoms with Crippen LogP contribution in [0.25, 0.3) is 10.8 Å². The van der Waals surface area contributed by atoms with Crippen molar-refractivity contribution in [2.24, 2.45) is 7.05 Å². The molecule has 10 heteroatoms. The van der Waals surface area contributed by atoms with Gasteiger partial charge in [-0.3, -0.25) is 9.59 Å². The lowest BCUT2D eigenvalue weighted by Crippen LogP contribution is -2.32. The Balaban J connectivity index is 1.62. The molecule has 1 amide bonds. The smallest absolute Gasteiger partial charge is 0.274 e. The quantitative estimate of drug-likeness (QED) is 0.576. The molecule has 34 heavy (non-hydrogen) atoms. The van der Waals surface area contributed by atoms with Crippen LogP contribution in [0.2, 0.25) is 0 Å². The molecule has 0 unspecified atom stereocenters. The van der Waals surface area contributed by atoms with Crippen LogP contribution < -0.4 is 15.6 Å². The van der Waals surface area contributed by atoms with Gasteiger partial charge >= 0.3 is 0 Å². The predicted octanol–water partition coefficient (Wildman–Crippen LogP) is 2.69. The lowest BCUT2D eigenvalue weighted by Gasteiger charge is -2.21. The van der Waals surface area contributed by atoms with Gasteiger partial charge in [0, 0.05) is 25.5 Å². The zero-order valence-corrected chi connectivity index (χ0v) is 20.1. The third-order valence-corrected chi connectivity index (χ3v) is 7.90. The third kappa shape index (κ3) is 4.83. The van der Waals surface area contributed by atoms with E-state index in [4.69, 9.17) is 4.74 Å². The molecule has 1 fully saturated rings. The molecule has 2 heterocycles. The number of sulfonamides is 1. The van der Waals surface area contributed by atoms with Crippen molar-refractivity contribution >= 4 is 32.4 Å². The van der Waals surface area contributed by atoms with Crippen LogP contribution in [-0.2, 0) is 28.3 Å². The number of hydrogen-bond acceptors (Lipinski definition) is 6. The van der Waals surface area contributed by atoms with Crippen molar-refractivity contribution in [3.05, 3.63) is 58.5 Å². The topological polar surface area (TPSA) is 111 Å². The number of nitrogens with zero attached hydrogens (tertiary/aromatic N) is 3. The Morgan fingerprint density at radius 1 is 1.06 bits per heavy atom. The summed E-state index contributed by atoms with van der Waals surface area (Å²) in [5.41, 5.74) is 0.466. The first-order valence-electron chi connectivity index (χ1n) is 11.2. The maximum atomic E-state index is 13.2. The second kappa shape index (κ2) is 9.94. The molecule has 0 aliphatic carbocycles. The van der Waals surface area contributed by atoms with Gasteiger partial charge in [0.2, 0.25) is 15.9 Å². The van der Waals surface area contributed by atoms with E-state index in [1.54, 1.807) is 30.3 Å². The van der Waals surface area contributed by atoms with E-state index in [2.05, 4.69) is 10.4 Å². The Labute approximate surface area is 198 Å². The van der Waals surface area contributed by atoms with Crippen LogP contribution in [0.4, 0.5) is 5.69 Å². The average Bonchev–Trinajstić information content (AvgIpc) is 3.12. The van der Waals surface area contributed by atoms with E-state index >= 15 is 0 Å². The number of carbonyl (C=O) groups is 1. The monoisotopic (exact) mass is 484 g/mol. The fourth-order valence-electron chi connectivity index (χ4n) is 4.23. The molecule has 2 aromatic carbocycles. The molecular weight excluding hydrogens is 456 g/mol. The Kier molecular flexibility index (Phi) is 6.99. The van der Waals surface area contributed by atoms with E-state index < -0.39 is 15.9 Å². The minimum atomic E-state index is -3.69. The van der Waals surface area contributed by atoms with Gasteiger partial charge in [-0.05, 0) is 37.1 Å². The summed E-state index contributed by atoms with van der Waals surface area (Å²) < 4.78 is 34.5. The van der Waals surface area contributed by atoms with E-state index in [9.17, 15) is 18.0 Å². The maximum Gasteiger partial charge on any atom is 0.274 e. The Bertz CT molecular complexity index is 1380. The van der Waals surface area contributed by atoms with Crippen LogP contribution in [0, 0.1) is 0 Å². The number of amides is 1. The number of anilines is 1. The Hall–Kier alpha value is -3.24. The minimum Gasteiger partial charge on any atom is -0.495 e. The summed E-state index contributed by atoms with van der Waals surface area (Å²) in [7, 11) is -0.698. The third-order valence-electron chi connectivity index (χ3n) is 6.01. The fourth-order valence-corrected chi connectivity index (χ4v) is 5.77. The summed E-state index contributed by atoms with van der Waals surface area (Å²) in [6, 6.07) is 11.5. The second-order valence-corrected chi connectivity index (χ2v) is 10.3. The number of hydrogen-bond donors (Lipinski definition) is 1. The van der Waals surface area contributed by atoms with Crippen molar-refractivity contribution in [3.8, 4) is 5.75 Å². The van der Waals surface area contributed by atoms with Gasteiger partial charge in [0.25, 0.3) is 5.56 Å². The van der Waals surface area contributed by atoms with Crippen molar-refractivity contribution in [2.45, 2.75) is 37.0 Å². The number of ether oxygens (including phenoxy) is 1. The lowest BCUT2D eigenvalue weighted by atomic mass is 10.1. The van der Waals surface area contributed by atoms with Gasteiger partial charge in [-0.2, -0.15) is 9.40 Å². The largest absolute Gasteiger partial charge is 0.495 e. The molecule has 0 spiro atoms. The summed E-state index contributed by atoms with van der Waals surface area (Å²) in [6.45, 7) is 0.975. The van der Waals surface area contributed by atoms with E-state index in [0.29, 0.717) is 35.3 Å². The highest BCUT2D eigenvalue weighted by molar-refractivity contribution is 7.89. The first-order valence-corrected chi connectivity index (χ1v) is 12.7. The first kappa shape index (κ1) is 23.9.